The number of fused-ring (bicyclic) bond motifs is 2. The Kier molecular flexibility index (Phi) is 8.24. The quantitative estimate of drug-likeness (QED) is 0.194. The highest BCUT2D eigenvalue weighted by Gasteiger charge is 2.36. The van der Waals surface area contributed by atoms with E-state index in [0.29, 0.717) is 66.6 Å². The summed E-state index contributed by atoms with van der Waals surface area (Å²) in [4.78, 5) is 35.5. The van der Waals surface area contributed by atoms with Crippen LogP contribution >= 0.6 is 34.5 Å². The van der Waals surface area contributed by atoms with Gasteiger partial charge in [-0.2, -0.15) is 0 Å². The van der Waals surface area contributed by atoms with Gasteiger partial charge in [-0.25, -0.2) is 4.99 Å². The van der Waals surface area contributed by atoms with Crippen LogP contribution in [0.3, 0.4) is 0 Å². The summed E-state index contributed by atoms with van der Waals surface area (Å²) >= 11 is 13.7. The molecule has 10 heteroatoms. The Hall–Kier alpha value is -4.11. The number of aromatic nitrogens is 1. The van der Waals surface area contributed by atoms with Crippen LogP contribution in [0.2, 0.25) is 10.0 Å². The fourth-order valence-corrected chi connectivity index (χ4v) is 7.21. The summed E-state index contributed by atoms with van der Waals surface area (Å²) in [6, 6.07) is 19.8. The molecule has 0 unspecified atom stereocenters. The first-order valence-corrected chi connectivity index (χ1v) is 15.8. The summed E-state index contributed by atoms with van der Waals surface area (Å²) < 4.78 is 14.0. The van der Waals surface area contributed by atoms with Crippen LogP contribution in [0.1, 0.15) is 38.1 Å². The number of hydrogen-bond acceptors (Lipinski definition) is 6. The SMILES string of the molecule is CCN(CC)C(=O)C1=C(C)N=c2s/c(=C/c3ccc(-c4ccc(Cl)cc4Cl)o3)c(=O)n2[C@@H]1c1c(OC)ccc2ccccc12. The van der Waals surface area contributed by atoms with Crippen molar-refractivity contribution in [3.8, 4) is 17.1 Å². The van der Waals surface area contributed by atoms with Crippen molar-refractivity contribution < 1.29 is 13.9 Å². The van der Waals surface area contributed by atoms with Crippen LogP contribution in [0.4, 0.5) is 0 Å². The number of furan rings is 1. The molecule has 1 atom stereocenters. The summed E-state index contributed by atoms with van der Waals surface area (Å²) in [5.74, 6) is 1.44. The van der Waals surface area contributed by atoms with Crippen LogP contribution in [-0.2, 0) is 4.79 Å². The van der Waals surface area contributed by atoms with Crippen molar-refractivity contribution in [3.63, 3.8) is 0 Å². The molecule has 6 rings (SSSR count). The third-order valence-electron chi connectivity index (χ3n) is 7.82. The Bertz CT molecular complexity index is 2140. The van der Waals surface area contributed by atoms with Gasteiger partial charge in [-0.15, -0.1) is 0 Å². The topological polar surface area (TPSA) is 77.0 Å². The van der Waals surface area contributed by atoms with Crippen LogP contribution in [0.5, 0.6) is 5.75 Å². The molecule has 1 aliphatic heterocycles. The van der Waals surface area contributed by atoms with E-state index in [4.69, 9.17) is 37.3 Å². The lowest BCUT2D eigenvalue weighted by Crippen LogP contribution is -2.43. The first-order chi connectivity index (χ1) is 21.2. The highest BCUT2D eigenvalue weighted by Crippen LogP contribution is 2.40. The van der Waals surface area contributed by atoms with E-state index in [1.165, 1.54) is 11.3 Å². The number of likely N-dealkylation sites (N-methyl/N-ethyl adjacent to an activating group) is 1. The normalized spacial score (nSPS) is 15.0. The van der Waals surface area contributed by atoms with Crippen molar-refractivity contribution in [1.29, 1.82) is 0 Å². The summed E-state index contributed by atoms with van der Waals surface area (Å²) in [6.07, 6.45) is 1.69. The number of methoxy groups -OCH3 is 1. The van der Waals surface area contributed by atoms with Gasteiger partial charge in [0.25, 0.3) is 11.5 Å². The second-order valence-electron chi connectivity index (χ2n) is 10.3. The van der Waals surface area contributed by atoms with Crippen molar-refractivity contribution in [2.75, 3.05) is 20.2 Å². The Balaban J connectivity index is 1.58. The molecule has 224 valence electrons. The maximum atomic E-state index is 14.3. The molecule has 2 aromatic heterocycles. The maximum absolute atomic E-state index is 14.3. The van der Waals surface area contributed by atoms with Gasteiger partial charge in [0.05, 0.1) is 27.9 Å². The molecule has 0 bridgehead atoms. The van der Waals surface area contributed by atoms with E-state index in [1.54, 1.807) is 53.0 Å². The van der Waals surface area contributed by atoms with Gasteiger partial charge in [0, 0.05) is 35.3 Å². The number of rotatable bonds is 7. The summed E-state index contributed by atoms with van der Waals surface area (Å²) in [7, 11) is 1.60. The summed E-state index contributed by atoms with van der Waals surface area (Å²) in [5.41, 5.74) is 2.15. The van der Waals surface area contributed by atoms with E-state index in [9.17, 15) is 9.59 Å². The Labute approximate surface area is 267 Å². The van der Waals surface area contributed by atoms with E-state index in [0.717, 1.165) is 16.3 Å². The molecule has 5 aromatic rings. The maximum Gasteiger partial charge on any atom is 0.271 e. The van der Waals surface area contributed by atoms with Crippen LogP contribution in [0, 0.1) is 0 Å². The summed E-state index contributed by atoms with van der Waals surface area (Å²) in [6.45, 7) is 6.75. The lowest BCUT2D eigenvalue weighted by molar-refractivity contribution is -0.127. The van der Waals surface area contributed by atoms with Crippen molar-refractivity contribution in [2.24, 2.45) is 4.99 Å². The second kappa shape index (κ2) is 12.1. The molecule has 0 saturated carbocycles. The number of thiazole rings is 1. The van der Waals surface area contributed by atoms with Gasteiger partial charge < -0.3 is 14.1 Å². The highest BCUT2D eigenvalue weighted by atomic mass is 35.5. The minimum Gasteiger partial charge on any atom is -0.496 e. The van der Waals surface area contributed by atoms with Crippen molar-refractivity contribution >= 4 is 57.3 Å². The molecule has 1 amide bonds. The van der Waals surface area contributed by atoms with E-state index in [-0.39, 0.29) is 11.5 Å². The molecule has 0 spiro atoms. The largest absolute Gasteiger partial charge is 0.496 e. The smallest absolute Gasteiger partial charge is 0.271 e. The molecule has 7 nitrogen and oxygen atoms in total. The second-order valence-corrected chi connectivity index (χ2v) is 12.1. The molecule has 0 radical (unpaired) electrons. The zero-order chi connectivity index (χ0) is 31.1. The van der Waals surface area contributed by atoms with Gasteiger partial charge in [0.1, 0.15) is 23.3 Å². The molecular formula is C34H29Cl2N3O4S. The first kappa shape index (κ1) is 29.9. The van der Waals surface area contributed by atoms with Gasteiger partial charge in [0.2, 0.25) is 0 Å². The molecule has 0 saturated heterocycles. The van der Waals surface area contributed by atoms with Gasteiger partial charge >= 0.3 is 0 Å². The highest BCUT2D eigenvalue weighted by molar-refractivity contribution is 7.07. The molecule has 0 fully saturated rings. The summed E-state index contributed by atoms with van der Waals surface area (Å²) in [5, 5.41) is 2.85. The minimum atomic E-state index is -0.761. The monoisotopic (exact) mass is 645 g/mol. The molecular weight excluding hydrogens is 617 g/mol. The molecule has 3 heterocycles. The van der Waals surface area contributed by atoms with Crippen LogP contribution in [0.25, 0.3) is 28.2 Å². The van der Waals surface area contributed by atoms with Crippen molar-refractivity contribution in [3.05, 3.63) is 119 Å². The van der Waals surface area contributed by atoms with E-state index >= 15 is 0 Å². The van der Waals surface area contributed by atoms with Crippen molar-refractivity contribution in [2.45, 2.75) is 26.8 Å². The predicted molar refractivity (Wildman–Crippen MR) is 176 cm³/mol. The van der Waals surface area contributed by atoms with E-state index in [2.05, 4.69) is 0 Å². The zero-order valence-corrected chi connectivity index (χ0v) is 26.9. The van der Waals surface area contributed by atoms with Gasteiger partial charge in [-0.3, -0.25) is 14.2 Å². The fourth-order valence-electron chi connectivity index (χ4n) is 5.68. The number of ether oxygens (including phenoxy) is 1. The Morgan fingerprint density at radius 3 is 2.59 bits per heavy atom. The molecule has 0 aliphatic carbocycles. The molecule has 1 aliphatic rings. The predicted octanol–water partition coefficient (Wildman–Crippen LogP) is 6.83. The average molecular weight is 647 g/mol. The average Bonchev–Trinajstić information content (AvgIpc) is 3.60. The van der Waals surface area contributed by atoms with E-state index < -0.39 is 6.04 Å². The number of halogens is 2. The third kappa shape index (κ3) is 5.17. The zero-order valence-electron chi connectivity index (χ0n) is 24.6. The number of allylic oxidation sites excluding steroid dienone is 1. The number of carbonyl (C=O) groups excluding carboxylic acids is 1. The number of benzene rings is 3. The third-order valence-corrected chi connectivity index (χ3v) is 9.35. The standard InChI is InChI=1S/C34H29Cl2N3O4S/c1-5-38(6-2)33(41)29-19(3)37-34-39(31(29)30-23-10-8-7-9-20(23)11-15-27(30)42-4)32(40)28(44-34)18-22-13-16-26(43-22)24-14-12-21(35)17-25(24)36/h7-18,31H,5-6H2,1-4H3/b28-18+/t31-/m0/s1. The van der Waals surface area contributed by atoms with Gasteiger partial charge in [-0.05, 0) is 67.9 Å². The van der Waals surface area contributed by atoms with Crippen LogP contribution in [0.15, 0.2) is 92.2 Å². The van der Waals surface area contributed by atoms with Crippen LogP contribution in [-0.4, -0.2) is 35.6 Å². The molecule has 3 aromatic carbocycles. The number of nitrogens with zero attached hydrogens (tertiary/aromatic N) is 3. The van der Waals surface area contributed by atoms with E-state index in [1.807, 2.05) is 57.2 Å². The molecule has 44 heavy (non-hydrogen) atoms. The number of hydrogen-bond donors (Lipinski definition) is 0. The Morgan fingerprint density at radius 1 is 1.09 bits per heavy atom. The van der Waals surface area contributed by atoms with Crippen LogP contribution < -0.4 is 19.6 Å². The Morgan fingerprint density at radius 2 is 1.86 bits per heavy atom. The van der Waals surface area contributed by atoms with Gasteiger partial charge in [0.15, 0.2) is 4.80 Å². The minimum absolute atomic E-state index is 0.166. The molecule has 0 N–H and O–H groups in total. The lowest BCUT2D eigenvalue weighted by Gasteiger charge is -2.30. The van der Waals surface area contributed by atoms with Gasteiger partial charge in [-0.1, -0.05) is 64.9 Å². The van der Waals surface area contributed by atoms with Crippen molar-refractivity contribution in [1.82, 2.24) is 9.47 Å². The fraction of sp³-hybridized carbons (Fsp3) is 0.206. The first-order valence-electron chi connectivity index (χ1n) is 14.2. The lowest BCUT2D eigenvalue weighted by atomic mass is 9.90. The number of carbonyl (C=O) groups is 1. The number of amides is 1.